The third kappa shape index (κ3) is 2.66. The molecule has 2 aromatic rings. The van der Waals surface area contributed by atoms with Gasteiger partial charge in [0.1, 0.15) is 18.2 Å². The highest BCUT2D eigenvalue weighted by Crippen LogP contribution is 2.20. The monoisotopic (exact) mass is 257 g/mol. The number of ether oxygens (including phenoxy) is 2. The number of hydrogen-bond acceptors (Lipinski definition) is 5. The highest BCUT2D eigenvalue weighted by molar-refractivity contribution is 5.42. The lowest BCUT2D eigenvalue weighted by Crippen LogP contribution is -2.17. The fourth-order valence-electron chi connectivity index (χ4n) is 2.04. The summed E-state index contributed by atoms with van der Waals surface area (Å²) in [6.07, 6.45) is 0.778. The maximum atomic E-state index is 5.92. The Kier molecular flexibility index (Phi) is 3.29. The number of fused-ring (bicyclic) bond motifs is 1. The number of nitrogens with two attached hydrogens (primary N) is 1. The molecular weight excluding hydrogens is 242 g/mol. The van der Waals surface area contributed by atoms with Crippen molar-refractivity contribution in [3.63, 3.8) is 0 Å². The van der Waals surface area contributed by atoms with Crippen molar-refractivity contribution < 1.29 is 9.47 Å². The molecular formula is C14H15N3O2. The number of anilines is 1. The Morgan fingerprint density at radius 1 is 1.21 bits per heavy atom. The van der Waals surface area contributed by atoms with Crippen LogP contribution in [0.15, 0.2) is 30.3 Å². The van der Waals surface area contributed by atoms with E-state index in [1.165, 1.54) is 0 Å². The largest absolute Gasteiger partial charge is 0.486 e. The van der Waals surface area contributed by atoms with E-state index in [4.69, 9.17) is 15.2 Å². The third-order valence-corrected chi connectivity index (χ3v) is 3.01. The van der Waals surface area contributed by atoms with Crippen molar-refractivity contribution in [3.8, 4) is 5.75 Å². The molecule has 1 aliphatic heterocycles. The van der Waals surface area contributed by atoms with E-state index < -0.39 is 0 Å². The van der Waals surface area contributed by atoms with E-state index >= 15 is 0 Å². The van der Waals surface area contributed by atoms with Gasteiger partial charge in [-0.25, -0.2) is 9.97 Å². The molecule has 0 aliphatic carbocycles. The minimum atomic E-state index is 0.322. The van der Waals surface area contributed by atoms with Crippen molar-refractivity contribution in [2.45, 2.75) is 19.6 Å². The average molecular weight is 257 g/mol. The van der Waals surface area contributed by atoms with Crippen molar-refractivity contribution in [3.05, 3.63) is 47.4 Å². The minimum Gasteiger partial charge on any atom is -0.486 e. The molecule has 5 heteroatoms. The van der Waals surface area contributed by atoms with E-state index in [0.717, 1.165) is 23.4 Å². The van der Waals surface area contributed by atoms with E-state index in [1.807, 2.05) is 30.3 Å². The van der Waals surface area contributed by atoms with Crippen LogP contribution in [0.3, 0.4) is 0 Å². The lowest BCUT2D eigenvalue weighted by molar-refractivity contribution is 0.109. The molecule has 98 valence electrons. The van der Waals surface area contributed by atoms with Crippen LogP contribution < -0.4 is 10.5 Å². The maximum Gasteiger partial charge on any atom is 0.168 e. The Morgan fingerprint density at radius 2 is 2.05 bits per heavy atom. The van der Waals surface area contributed by atoms with Crippen molar-refractivity contribution >= 4 is 5.82 Å². The normalized spacial score (nSPS) is 13.9. The van der Waals surface area contributed by atoms with Crippen LogP contribution in [0.2, 0.25) is 0 Å². The van der Waals surface area contributed by atoms with Crippen molar-refractivity contribution in [1.29, 1.82) is 0 Å². The van der Waals surface area contributed by atoms with E-state index in [1.54, 1.807) is 0 Å². The molecule has 19 heavy (non-hydrogen) atoms. The van der Waals surface area contributed by atoms with Gasteiger partial charge in [0, 0.05) is 12.0 Å². The fourth-order valence-corrected chi connectivity index (χ4v) is 2.04. The molecule has 5 nitrogen and oxygen atoms in total. The molecule has 0 amide bonds. The second-order valence-electron chi connectivity index (χ2n) is 4.35. The average Bonchev–Trinajstić information content (AvgIpc) is 2.46. The Balaban J connectivity index is 1.76. The molecule has 3 rings (SSSR count). The first-order valence-corrected chi connectivity index (χ1v) is 6.22. The van der Waals surface area contributed by atoms with E-state index in [9.17, 15) is 0 Å². The van der Waals surface area contributed by atoms with Crippen molar-refractivity contribution in [2.24, 2.45) is 0 Å². The Labute approximate surface area is 111 Å². The van der Waals surface area contributed by atoms with Gasteiger partial charge >= 0.3 is 0 Å². The topological polar surface area (TPSA) is 70.3 Å². The molecule has 0 bridgehead atoms. The first-order chi connectivity index (χ1) is 9.33. The van der Waals surface area contributed by atoms with Crippen molar-refractivity contribution in [1.82, 2.24) is 9.97 Å². The molecule has 0 radical (unpaired) electrons. The number of hydrogen-bond donors (Lipinski definition) is 1. The number of aromatic nitrogens is 2. The molecule has 0 saturated carbocycles. The summed E-state index contributed by atoms with van der Waals surface area (Å²) < 4.78 is 11.0. The van der Waals surface area contributed by atoms with Gasteiger partial charge in [0.2, 0.25) is 0 Å². The SMILES string of the molecule is Nc1nc(COc2ccccc2)nc2c1COCC2. The van der Waals surface area contributed by atoms with Crippen LogP contribution in [-0.2, 0) is 24.4 Å². The smallest absolute Gasteiger partial charge is 0.168 e. The molecule has 0 fully saturated rings. The van der Waals surface area contributed by atoms with Crippen LogP contribution in [-0.4, -0.2) is 16.6 Å². The second kappa shape index (κ2) is 5.24. The Morgan fingerprint density at radius 3 is 2.89 bits per heavy atom. The van der Waals surface area contributed by atoms with Gasteiger partial charge in [-0.15, -0.1) is 0 Å². The molecule has 1 aromatic heterocycles. The summed E-state index contributed by atoms with van der Waals surface area (Å²) in [6.45, 7) is 1.51. The zero-order valence-electron chi connectivity index (χ0n) is 10.5. The molecule has 1 aliphatic rings. The Bertz CT molecular complexity index is 572. The first-order valence-electron chi connectivity index (χ1n) is 6.22. The summed E-state index contributed by atoms with van der Waals surface area (Å²) in [6, 6.07) is 9.59. The highest BCUT2D eigenvalue weighted by Gasteiger charge is 2.16. The predicted molar refractivity (Wildman–Crippen MR) is 70.6 cm³/mol. The van der Waals surface area contributed by atoms with Gasteiger partial charge in [-0.3, -0.25) is 0 Å². The summed E-state index contributed by atoms with van der Waals surface area (Å²) in [5, 5.41) is 0. The number of nitrogens with zero attached hydrogens (tertiary/aromatic N) is 2. The van der Waals surface area contributed by atoms with Gasteiger partial charge in [-0.2, -0.15) is 0 Å². The van der Waals surface area contributed by atoms with E-state index in [-0.39, 0.29) is 0 Å². The van der Waals surface area contributed by atoms with Gasteiger partial charge in [0.05, 0.1) is 18.9 Å². The lowest BCUT2D eigenvalue weighted by atomic mass is 10.1. The van der Waals surface area contributed by atoms with Crippen molar-refractivity contribution in [2.75, 3.05) is 12.3 Å². The number of benzene rings is 1. The molecule has 0 saturated heterocycles. The number of para-hydroxylation sites is 1. The maximum absolute atomic E-state index is 5.92. The minimum absolute atomic E-state index is 0.322. The van der Waals surface area contributed by atoms with Gasteiger partial charge in [0.25, 0.3) is 0 Å². The van der Waals surface area contributed by atoms with Crippen LogP contribution in [0.4, 0.5) is 5.82 Å². The lowest BCUT2D eigenvalue weighted by Gasteiger charge is -2.17. The Hall–Kier alpha value is -2.14. The highest BCUT2D eigenvalue weighted by atomic mass is 16.5. The summed E-state index contributed by atoms with van der Waals surface area (Å²) in [7, 11) is 0. The fraction of sp³-hybridized carbons (Fsp3) is 0.286. The standard InChI is InChI=1S/C14H15N3O2/c15-14-11-8-18-7-6-12(11)16-13(17-14)9-19-10-4-2-1-3-5-10/h1-5H,6-9H2,(H2,15,16,17). The predicted octanol–water partition coefficient (Wildman–Crippen LogP) is 1.71. The quantitative estimate of drug-likeness (QED) is 0.906. The number of rotatable bonds is 3. The summed E-state index contributed by atoms with van der Waals surface area (Å²) in [4.78, 5) is 8.76. The summed E-state index contributed by atoms with van der Waals surface area (Å²) in [5.41, 5.74) is 7.81. The van der Waals surface area contributed by atoms with Gasteiger partial charge in [-0.1, -0.05) is 18.2 Å². The molecule has 2 heterocycles. The van der Waals surface area contributed by atoms with Crippen LogP contribution in [0, 0.1) is 0 Å². The molecule has 1 aromatic carbocycles. The first kappa shape index (κ1) is 11.9. The van der Waals surface area contributed by atoms with E-state index in [2.05, 4.69) is 9.97 Å². The van der Waals surface area contributed by atoms with Gasteiger partial charge in [0.15, 0.2) is 5.82 Å². The van der Waals surface area contributed by atoms with Crippen LogP contribution >= 0.6 is 0 Å². The molecule has 0 spiro atoms. The molecule has 0 atom stereocenters. The summed E-state index contributed by atoms with van der Waals surface area (Å²) in [5.74, 6) is 1.91. The molecule has 0 unspecified atom stereocenters. The zero-order chi connectivity index (χ0) is 13.1. The van der Waals surface area contributed by atoms with Gasteiger partial charge in [-0.05, 0) is 12.1 Å². The third-order valence-electron chi connectivity index (χ3n) is 3.01. The zero-order valence-corrected chi connectivity index (χ0v) is 10.5. The molecule has 2 N–H and O–H groups in total. The van der Waals surface area contributed by atoms with Crippen LogP contribution in [0.5, 0.6) is 5.75 Å². The van der Waals surface area contributed by atoms with Gasteiger partial charge < -0.3 is 15.2 Å². The van der Waals surface area contributed by atoms with Crippen LogP contribution in [0.25, 0.3) is 0 Å². The van der Waals surface area contributed by atoms with E-state index in [0.29, 0.717) is 31.5 Å². The summed E-state index contributed by atoms with van der Waals surface area (Å²) >= 11 is 0. The van der Waals surface area contributed by atoms with Crippen LogP contribution in [0.1, 0.15) is 17.1 Å². The number of nitrogen functional groups attached to an aromatic ring is 1. The second-order valence-corrected chi connectivity index (χ2v) is 4.35.